The number of fused-ring (bicyclic) bond motifs is 1. The summed E-state index contributed by atoms with van der Waals surface area (Å²) in [5.41, 5.74) is 4.01. The standard InChI is InChI=1S/C21H23N3O3S/c1-13-5-6-16(14(2)8-13)17-11-28-20-19(17)21(26)24(12-23-20)10-18(25)22-9-15-4-3-7-27-15/h5-6,8,11-12,15H,3-4,7,9-10H2,1-2H3,(H,22,25). The zero-order valence-electron chi connectivity index (χ0n) is 16.0. The summed E-state index contributed by atoms with van der Waals surface area (Å²) < 4.78 is 6.90. The highest BCUT2D eigenvalue weighted by Crippen LogP contribution is 2.32. The van der Waals surface area contributed by atoms with Gasteiger partial charge in [0.05, 0.1) is 17.8 Å². The molecule has 0 saturated carbocycles. The van der Waals surface area contributed by atoms with Gasteiger partial charge in [-0.05, 0) is 37.8 Å². The van der Waals surface area contributed by atoms with Crippen LogP contribution in [0, 0.1) is 13.8 Å². The van der Waals surface area contributed by atoms with E-state index in [1.54, 1.807) is 0 Å². The lowest BCUT2D eigenvalue weighted by Crippen LogP contribution is -2.36. The topological polar surface area (TPSA) is 73.2 Å². The molecule has 3 heterocycles. The third kappa shape index (κ3) is 3.72. The third-order valence-electron chi connectivity index (χ3n) is 5.10. The van der Waals surface area contributed by atoms with E-state index >= 15 is 0 Å². The smallest absolute Gasteiger partial charge is 0.263 e. The van der Waals surface area contributed by atoms with Gasteiger partial charge in [-0.25, -0.2) is 4.98 Å². The molecule has 7 heteroatoms. The van der Waals surface area contributed by atoms with E-state index in [9.17, 15) is 9.59 Å². The highest BCUT2D eigenvalue weighted by atomic mass is 32.1. The zero-order valence-corrected chi connectivity index (χ0v) is 16.8. The predicted octanol–water partition coefficient (Wildman–Crippen LogP) is 3.04. The van der Waals surface area contributed by atoms with Gasteiger partial charge < -0.3 is 10.1 Å². The van der Waals surface area contributed by atoms with Gasteiger partial charge in [0.15, 0.2) is 0 Å². The summed E-state index contributed by atoms with van der Waals surface area (Å²) in [6.07, 6.45) is 3.52. The largest absolute Gasteiger partial charge is 0.376 e. The number of ether oxygens (including phenoxy) is 1. The first kappa shape index (κ1) is 18.8. The quantitative estimate of drug-likeness (QED) is 0.718. The lowest BCUT2D eigenvalue weighted by molar-refractivity contribution is -0.122. The molecule has 1 aliphatic rings. The number of carbonyl (C=O) groups is 1. The first-order chi connectivity index (χ1) is 13.5. The third-order valence-corrected chi connectivity index (χ3v) is 5.98. The van der Waals surface area contributed by atoms with Gasteiger partial charge >= 0.3 is 0 Å². The molecule has 1 atom stereocenters. The van der Waals surface area contributed by atoms with E-state index < -0.39 is 0 Å². The molecule has 0 radical (unpaired) electrons. The van der Waals surface area contributed by atoms with Crippen LogP contribution in [0.3, 0.4) is 0 Å². The van der Waals surface area contributed by atoms with Crippen molar-refractivity contribution < 1.29 is 9.53 Å². The molecule has 1 N–H and O–H groups in total. The number of nitrogens with one attached hydrogen (secondary N) is 1. The van der Waals surface area contributed by atoms with Crippen molar-refractivity contribution in [2.45, 2.75) is 39.3 Å². The fourth-order valence-corrected chi connectivity index (χ4v) is 4.54. The summed E-state index contributed by atoms with van der Waals surface area (Å²) in [7, 11) is 0. The number of aromatic nitrogens is 2. The molecule has 3 aromatic rings. The summed E-state index contributed by atoms with van der Waals surface area (Å²) >= 11 is 1.45. The molecule has 1 saturated heterocycles. The maximum Gasteiger partial charge on any atom is 0.263 e. The molecule has 1 fully saturated rings. The van der Waals surface area contributed by atoms with Crippen molar-refractivity contribution in [2.75, 3.05) is 13.2 Å². The van der Waals surface area contributed by atoms with E-state index in [-0.39, 0.29) is 24.1 Å². The highest BCUT2D eigenvalue weighted by Gasteiger charge is 2.18. The van der Waals surface area contributed by atoms with Gasteiger partial charge in [-0.15, -0.1) is 11.3 Å². The van der Waals surface area contributed by atoms with E-state index in [1.807, 2.05) is 31.4 Å². The molecule has 1 unspecified atom stereocenters. The number of thiophene rings is 1. The van der Waals surface area contributed by atoms with Gasteiger partial charge in [-0.3, -0.25) is 14.2 Å². The first-order valence-corrected chi connectivity index (χ1v) is 10.3. The SMILES string of the molecule is Cc1ccc(-c2csc3ncn(CC(=O)NCC4CCCO4)c(=O)c23)c(C)c1. The van der Waals surface area contributed by atoms with Crippen molar-refractivity contribution in [3.63, 3.8) is 0 Å². The van der Waals surface area contributed by atoms with Crippen LogP contribution in [-0.2, 0) is 16.1 Å². The number of hydrogen-bond donors (Lipinski definition) is 1. The van der Waals surface area contributed by atoms with Gasteiger partial charge in [0.25, 0.3) is 5.56 Å². The Kier molecular flexibility index (Phi) is 5.28. The Labute approximate surface area is 167 Å². The minimum atomic E-state index is -0.206. The Morgan fingerprint density at radius 3 is 2.96 bits per heavy atom. The molecule has 1 aliphatic heterocycles. The van der Waals surface area contributed by atoms with Gasteiger partial charge in [0.1, 0.15) is 11.4 Å². The molecule has 6 nitrogen and oxygen atoms in total. The van der Waals surface area contributed by atoms with Crippen molar-refractivity contribution in [3.8, 4) is 11.1 Å². The first-order valence-electron chi connectivity index (χ1n) is 9.45. The molecular formula is C21H23N3O3S. The Balaban J connectivity index is 1.61. The fourth-order valence-electron chi connectivity index (χ4n) is 3.64. The van der Waals surface area contributed by atoms with Gasteiger partial charge in [-0.1, -0.05) is 23.8 Å². The van der Waals surface area contributed by atoms with E-state index in [1.165, 1.54) is 27.8 Å². The van der Waals surface area contributed by atoms with Crippen molar-refractivity contribution in [1.82, 2.24) is 14.9 Å². The van der Waals surface area contributed by atoms with Crippen molar-refractivity contribution >= 4 is 27.5 Å². The van der Waals surface area contributed by atoms with Crippen LogP contribution in [0.15, 0.2) is 34.7 Å². The predicted molar refractivity (Wildman–Crippen MR) is 111 cm³/mol. The van der Waals surface area contributed by atoms with Gasteiger partial charge in [0.2, 0.25) is 5.91 Å². The molecule has 0 spiro atoms. The average Bonchev–Trinajstić information content (AvgIpc) is 3.32. The van der Waals surface area contributed by atoms with Gasteiger partial charge in [0, 0.05) is 24.1 Å². The monoisotopic (exact) mass is 397 g/mol. The maximum atomic E-state index is 13.1. The lowest BCUT2D eigenvalue weighted by atomic mass is 9.99. The fraction of sp³-hybridized carbons (Fsp3) is 0.381. The molecule has 0 aliphatic carbocycles. The summed E-state index contributed by atoms with van der Waals surface area (Å²) in [4.78, 5) is 30.5. The van der Waals surface area contributed by atoms with Crippen LogP contribution >= 0.6 is 11.3 Å². The number of aryl methyl sites for hydroxylation is 2. The highest BCUT2D eigenvalue weighted by molar-refractivity contribution is 7.17. The molecular weight excluding hydrogens is 374 g/mol. The minimum Gasteiger partial charge on any atom is -0.376 e. The van der Waals surface area contributed by atoms with Gasteiger partial charge in [-0.2, -0.15) is 0 Å². The Morgan fingerprint density at radius 1 is 1.36 bits per heavy atom. The Morgan fingerprint density at radius 2 is 2.21 bits per heavy atom. The molecule has 2 aromatic heterocycles. The zero-order chi connectivity index (χ0) is 19.7. The summed E-state index contributed by atoms with van der Waals surface area (Å²) in [5.74, 6) is -0.206. The van der Waals surface area contributed by atoms with E-state index in [0.717, 1.165) is 36.1 Å². The van der Waals surface area contributed by atoms with Crippen LogP contribution in [0.5, 0.6) is 0 Å². The van der Waals surface area contributed by atoms with Crippen LogP contribution in [0.1, 0.15) is 24.0 Å². The second kappa shape index (κ2) is 7.85. The number of rotatable bonds is 5. The lowest BCUT2D eigenvalue weighted by Gasteiger charge is -2.11. The van der Waals surface area contributed by atoms with Crippen LogP contribution in [0.4, 0.5) is 0 Å². The molecule has 1 amide bonds. The Hall–Kier alpha value is -2.51. The summed E-state index contributed by atoms with van der Waals surface area (Å²) in [5, 5.41) is 5.40. The molecule has 0 bridgehead atoms. The van der Waals surface area contributed by atoms with E-state index in [4.69, 9.17) is 4.74 Å². The summed E-state index contributed by atoms with van der Waals surface area (Å²) in [6, 6.07) is 6.18. The minimum absolute atomic E-state index is 0.0450. The average molecular weight is 398 g/mol. The van der Waals surface area contributed by atoms with E-state index in [2.05, 4.69) is 16.4 Å². The van der Waals surface area contributed by atoms with Crippen LogP contribution in [0.2, 0.25) is 0 Å². The number of amides is 1. The second-order valence-corrected chi connectivity index (χ2v) is 8.12. The number of benzene rings is 1. The summed E-state index contributed by atoms with van der Waals surface area (Å²) in [6.45, 7) is 5.28. The maximum absolute atomic E-state index is 13.1. The number of nitrogens with zero attached hydrogens (tertiary/aromatic N) is 2. The van der Waals surface area contributed by atoms with Crippen molar-refractivity contribution in [3.05, 3.63) is 51.4 Å². The van der Waals surface area contributed by atoms with Crippen molar-refractivity contribution in [1.29, 1.82) is 0 Å². The normalized spacial score (nSPS) is 16.6. The van der Waals surface area contributed by atoms with Crippen molar-refractivity contribution in [2.24, 2.45) is 0 Å². The molecule has 146 valence electrons. The molecule has 28 heavy (non-hydrogen) atoms. The number of carbonyl (C=O) groups excluding carboxylic acids is 1. The molecule has 1 aromatic carbocycles. The van der Waals surface area contributed by atoms with Crippen LogP contribution < -0.4 is 10.9 Å². The molecule has 4 rings (SSSR count). The Bertz CT molecular complexity index is 1080. The van der Waals surface area contributed by atoms with Crippen LogP contribution in [-0.4, -0.2) is 34.7 Å². The number of hydrogen-bond acceptors (Lipinski definition) is 5. The van der Waals surface area contributed by atoms with E-state index in [0.29, 0.717) is 16.8 Å². The van der Waals surface area contributed by atoms with Crippen LogP contribution in [0.25, 0.3) is 21.3 Å². The second-order valence-electron chi connectivity index (χ2n) is 7.26.